The zero-order chi connectivity index (χ0) is 16.9. The molecule has 0 spiro atoms. The average Bonchev–Trinajstić information content (AvgIpc) is 3.02. The third-order valence-electron chi connectivity index (χ3n) is 4.68. The van der Waals surface area contributed by atoms with Gasteiger partial charge in [0, 0.05) is 23.8 Å². The van der Waals surface area contributed by atoms with Gasteiger partial charge in [0.25, 0.3) is 5.91 Å². The SMILES string of the molecule is Cc1[nH]ncc1C(=O)NCC1CCN(Cc2ccccc2Cl)CC1. The zero-order valence-electron chi connectivity index (χ0n) is 13.9. The Morgan fingerprint density at radius 3 is 2.79 bits per heavy atom. The number of nitrogens with zero attached hydrogens (tertiary/aromatic N) is 2. The van der Waals surface area contributed by atoms with Crippen LogP contribution in [-0.2, 0) is 6.54 Å². The Morgan fingerprint density at radius 2 is 2.12 bits per heavy atom. The highest BCUT2D eigenvalue weighted by Crippen LogP contribution is 2.22. The lowest BCUT2D eigenvalue weighted by atomic mass is 9.96. The Labute approximate surface area is 147 Å². The molecule has 2 N–H and O–H groups in total. The second-order valence-corrected chi connectivity index (χ2v) is 6.84. The van der Waals surface area contributed by atoms with Crippen molar-refractivity contribution in [2.75, 3.05) is 19.6 Å². The van der Waals surface area contributed by atoms with Crippen LogP contribution < -0.4 is 5.32 Å². The van der Waals surface area contributed by atoms with Crippen LogP contribution in [0.25, 0.3) is 0 Å². The number of H-pyrrole nitrogens is 1. The van der Waals surface area contributed by atoms with Crippen LogP contribution in [0.5, 0.6) is 0 Å². The minimum absolute atomic E-state index is 0.0419. The van der Waals surface area contributed by atoms with Gasteiger partial charge in [-0.15, -0.1) is 0 Å². The maximum absolute atomic E-state index is 12.1. The zero-order valence-corrected chi connectivity index (χ0v) is 14.6. The lowest BCUT2D eigenvalue weighted by molar-refractivity contribution is 0.0934. The van der Waals surface area contributed by atoms with E-state index in [4.69, 9.17) is 11.6 Å². The predicted molar refractivity (Wildman–Crippen MR) is 95.1 cm³/mol. The normalized spacial score (nSPS) is 16.2. The molecule has 0 radical (unpaired) electrons. The molecule has 6 heteroatoms. The molecule has 1 aromatic heterocycles. The van der Waals surface area contributed by atoms with Crippen molar-refractivity contribution >= 4 is 17.5 Å². The third-order valence-corrected chi connectivity index (χ3v) is 5.05. The predicted octanol–water partition coefficient (Wildman–Crippen LogP) is 3.01. The Kier molecular flexibility index (Phi) is 5.53. The van der Waals surface area contributed by atoms with Crippen LogP contribution >= 0.6 is 11.6 Å². The van der Waals surface area contributed by atoms with E-state index in [2.05, 4.69) is 26.5 Å². The van der Waals surface area contributed by atoms with Gasteiger partial charge in [0.1, 0.15) is 0 Å². The Morgan fingerprint density at radius 1 is 1.38 bits per heavy atom. The lowest BCUT2D eigenvalue weighted by Crippen LogP contribution is -2.38. The molecule has 128 valence electrons. The van der Waals surface area contributed by atoms with Gasteiger partial charge in [0.05, 0.1) is 11.8 Å². The van der Waals surface area contributed by atoms with Crippen LogP contribution in [0.3, 0.4) is 0 Å². The minimum Gasteiger partial charge on any atom is -0.352 e. The van der Waals surface area contributed by atoms with E-state index in [1.807, 2.05) is 25.1 Å². The van der Waals surface area contributed by atoms with Gasteiger partial charge in [-0.25, -0.2) is 0 Å². The van der Waals surface area contributed by atoms with Gasteiger partial charge >= 0.3 is 0 Å². The number of piperidine rings is 1. The van der Waals surface area contributed by atoms with Gasteiger partial charge in [0.2, 0.25) is 0 Å². The molecule has 2 heterocycles. The number of halogens is 1. The molecule has 1 aliphatic heterocycles. The van der Waals surface area contributed by atoms with Crippen LogP contribution in [0.1, 0.15) is 34.5 Å². The fourth-order valence-electron chi connectivity index (χ4n) is 3.13. The molecule has 0 aliphatic carbocycles. The second kappa shape index (κ2) is 7.81. The smallest absolute Gasteiger partial charge is 0.254 e. The van der Waals surface area contributed by atoms with Gasteiger partial charge in [0.15, 0.2) is 0 Å². The summed E-state index contributed by atoms with van der Waals surface area (Å²) in [6.07, 6.45) is 3.76. The molecule has 0 atom stereocenters. The summed E-state index contributed by atoms with van der Waals surface area (Å²) in [5.74, 6) is 0.489. The van der Waals surface area contributed by atoms with Crippen LogP contribution in [0, 0.1) is 12.8 Å². The van der Waals surface area contributed by atoms with E-state index in [1.165, 1.54) is 5.56 Å². The molecule has 3 rings (SSSR count). The van der Waals surface area contributed by atoms with E-state index >= 15 is 0 Å². The van der Waals surface area contributed by atoms with E-state index in [9.17, 15) is 4.79 Å². The number of aryl methyl sites for hydroxylation is 1. The monoisotopic (exact) mass is 346 g/mol. The second-order valence-electron chi connectivity index (χ2n) is 6.43. The Bertz CT molecular complexity index is 692. The summed E-state index contributed by atoms with van der Waals surface area (Å²) in [4.78, 5) is 14.5. The number of amides is 1. The van der Waals surface area contributed by atoms with Gasteiger partial charge < -0.3 is 5.32 Å². The van der Waals surface area contributed by atoms with Crippen molar-refractivity contribution in [2.24, 2.45) is 5.92 Å². The summed E-state index contributed by atoms with van der Waals surface area (Å²) >= 11 is 6.24. The lowest BCUT2D eigenvalue weighted by Gasteiger charge is -2.32. The minimum atomic E-state index is -0.0419. The van der Waals surface area contributed by atoms with Gasteiger partial charge in [-0.05, 0) is 50.4 Å². The summed E-state index contributed by atoms with van der Waals surface area (Å²) in [7, 11) is 0. The highest BCUT2D eigenvalue weighted by Gasteiger charge is 2.21. The van der Waals surface area contributed by atoms with Crippen molar-refractivity contribution in [1.82, 2.24) is 20.4 Å². The first-order valence-electron chi connectivity index (χ1n) is 8.37. The molecule has 0 saturated carbocycles. The van der Waals surface area contributed by atoms with Crippen LogP contribution in [0.15, 0.2) is 30.5 Å². The van der Waals surface area contributed by atoms with E-state index in [-0.39, 0.29) is 5.91 Å². The largest absolute Gasteiger partial charge is 0.352 e. The van der Waals surface area contributed by atoms with Crippen molar-refractivity contribution in [3.63, 3.8) is 0 Å². The number of rotatable bonds is 5. The molecule has 0 bridgehead atoms. The first-order valence-corrected chi connectivity index (χ1v) is 8.75. The fraction of sp³-hybridized carbons (Fsp3) is 0.444. The molecular weight excluding hydrogens is 324 g/mol. The molecule has 5 nitrogen and oxygen atoms in total. The van der Waals surface area contributed by atoms with Crippen LogP contribution in [0.2, 0.25) is 5.02 Å². The summed E-state index contributed by atoms with van der Waals surface area (Å²) in [6, 6.07) is 8.02. The van der Waals surface area contributed by atoms with Crippen molar-refractivity contribution in [3.8, 4) is 0 Å². The number of hydrogen-bond acceptors (Lipinski definition) is 3. The molecule has 0 unspecified atom stereocenters. The molecule has 2 aromatic rings. The van der Waals surface area contributed by atoms with E-state index in [1.54, 1.807) is 6.20 Å². The molecular formula is C18H23ClN4O. The number of aromatic nitrogens is 2. The number of hydrogen-bond donors (Lipinski definition) is 2. The first-order chi connectivity index (χ1) is 11.6. The first kappa shape index (κ1) is 17.0. The van der Waals surface area contributed by atoms with Crippen LogP contribution in [0.4, 0.5) is 0 Å². The Hall–Kier alpha value is -1.85. The maximum Gasteiger partial charge on any atom is 0.254 e. The maximum atomic E-state index is 12.1. The Balaban J connectivity index is 1.43. The molecule has 1 saturated heterocycles. The van der Waals surface area contributed by atoms with Crippen LogP contribution in [-0.4, -0.2) is 40.6 Å². The highest BCUT2D eigenvalue weighted by molar-refractivity contribution is 6.31. The van der Waals surface area contributed by atoms with Crippen molar-refractivity contribution in [3.05, 3.63) is 52.3 Å². The van der Waals surface area contributed by atoms with Gasteiger partial charge in [-0.3, -0.25) is 14.8 Å². The van der Waals surface area contributed by atoms with Crippen molar-refractivity contribution < 1.29 is 4.79 Å². The topological polar surface area (TPSA) is 61.0 Å². The summed E-state index contributed by atoms with van der Waals surface area (Å²) in [6.45, 7) is 5.55. The standard InChI is InChI=1S/C18H23ClN4O/c1-13-16(11-21-22-13)18(24)20-10-14-6-8-23(9-7-14)12-15-4-2-3-5-17(15)19/h2-5,11,14H,6-10,12H2,1H3,(H,20,24)(H,21,22). The van der Waals surface area contributed by atoms with Gasteiger partial charge in [-0.2, -0.15) is 5.10 Å². The molecule has 1 fully saturated rings. The van der Waals surface area contributed by atoms with E-state index in [0.29, 0.717) is 11.5 Å². The highest BCUT2D eigenvalue weighted by atomic mass is 35.5. The summed E-state index contributed by atoms with van der Waals surface area (Å²) in [5.41, 5.74) is 2.62. The quantitative estimate of drug-likeness (QED) is 0.874. The molecule has 1 aromatic carbocycles. The number of benzene rings is 1. The van der Waals surface area contributed by atoms with Crippen molar-refractivity contribution in [1.29, 1.82) is 0 Å². The molecule has 24 heavy (non-hydrogen) atoms. The fourth-order valence-corrected chi connectivity index (χ4v) is 3.32. The third kappa shape index (κ3) is 4.16. The number of likely N-dealkylation sites (tertiary alicyclic amines) is 1. The summed E-state index contributed by atoms with van der Waals surface area (Å²) in [5, 5.41) is 10.6. The van der Waals surface area contributed by atoms with Gasteiger partial charge in [-0.1, -0.05) is 29.8 Å². The number of carbonyl (C=O) groups excluding carboxylic acids is 1. The van der Waals surface area contributed by atoms with Crippen molar-refractivity contribution in [2.45, 2.75) is 26.3 Å². The van der Waals surface area contributed by atoms with E-state index < -0.39 is 0 Å². The summed E-state index contributed by atoms with van der Waals surface area (Å²) < 4.78 is 0. The number of aromatic amines is 1. The number of carbonyl (C=O) groups is 1. The molecule has 1 amide bonds. The number of nitrogens with one attached hydrogen (secondary N) is 2. The van der Waals surface area contributed by atoms with E-state index in [0.717, 1.165) is 49.7 Å². The molecule has 1 aliphatic rings. The average molecular weight is 347 g/mol.